The molecule has 1 N–H and O–H groups in total. The number of hydrogen-bond donors (Lipinski definition) is 1. The molecule has 0 heterocycles. The molecular formula is C14H22O2. The van der Waals surface area contributed by atoms with Gasteiger partial charge in [-0.3, -0.25) is 0 Å². The molecule has 0 saturated heterocycles. The van der Waals surface area contributed by atoms with Gasteiger partial charge in [0.1, 0.15) is 0 Å². The molecule has 0 atom stereocenters. The van der Waals surface area contributed by atoms with Gasteiger partial charge >= 0.3 is 0 Å². The monoisotopic (exact) mass is 222 g/mol. The predicted octanol–water partition coefficient (Wildman–Crippen LogP) is 4.69. The van der Waals surface area contributed by atoms with E-state index in [2.05, 4.69) is 24.8 Å². The molecule has 1 rings (SSSR count). The zero-order valence-electron chi connectivity index (χ0n) is 10.9. The maximum absolute atomic E-state index is 8.56. The Kier molecular flexibility index (Phi) is 7.31. The van der Waals surface area contributed by atoms with Crippen LogP contribution in [0.4, 0.5) is 0 Å². The van der Waals surface area contributed by atoms with Crippen LogP contribution >= 0.6 is 0 Å². The maximum atomic E-state index is 8.56. The third kappa shape index (κ3) is 3.70. The Hall–Kier alpha value is -1.28. The Bertz CT molecular complexity index is 341. The highest BCUT2D eigenvalue weighted by Gasteiger charge is 2.04. The molecule has 0 aliphatic rings. The fraction of sp³-hybridized carbons (Fsp3) is 0.429. The zero-order valence-corrected chi connectivity index (χ0v) is 10.9. The van der Waals surface area contributed by atoms with E-state index in [-0.39, 0.29) is 0 Å². The lowest BCUT2D eigenvalue weighted by Gasteiger charge is -2.09. The highest BCUT2D eigenvalue weighted by atomic mass is 17.1. The summed E-state index contributed by atoms with van der Waals surface area (Å²) in [4.78, 5) is 4.22. The summed E-state index contributed by atoms with van der Waals surface area (Å²) < 4.78 is 0. The average Bonchev–Trinajstić information content (AvgIpc) is 2.35. The van der Waals surface area contributed by atoms with Crippen LogP contribution in [0.1, 0.15) is 45.2 Å². The summed E-state index contributed by atoms with van der Waals surface area (Å²) in [5.41, 5.74) is 3.60. The van der Waals surface area contributed by atoms with E-state index < -0.39 is 0 Å². The Balaban J connectivity index is 0.00000106. The molecule has 2 heteroatoms. The molecule has 0 radical (unpaired) electrons. The van der Waals surface area contributed by atoms with Gasteiger partial charge < -0.3 is 4.89 Å². The summed E-state index contributed by atoms with van der Waals surface area (Å²) in [5, 5.41) is 8.56. The van der Waals surface area contributed by atoms with Crippen LogP contribution in [0.25, 0.3) is 5.57 Å². The molecule has 0 unspecified atom stereocenters. The van der Waals surface area contributed by atoms with Crippen molar-refractivity contribution in [1.29, 1.82) is 0 Å². The van der Waals surface area contributed by atoms with Crippen molar-refractivity contribution in [3.8, 4) is 5.75 Å². The van der Waals surface area contributed by atoms with Crippen LogP contribution in [-0.4, -0.2) is 5.26 Å². The Morgan fingerprint density at radius 1 is 1.38 bits per heavy atom. The third-order valence-electron chi connectivity index (χ3n) is 2.39. The lowest BCUT2D eigenvalue weighted by molar-refractivity contribution is -0.137. The molecular weight excluding hydrogens is 200 g/mol. The first-order valence-corrected chi connectivity index (χ1v) is 5.80. The van der Waals surface area contributed by atoms with Crippen LogP contribution < -0.4 is 4.89 Å². The van der Waals surface area contributed by atoms with E-state index in [1.54, 1.807) is 6.07 Å². The topological polar surface area (TPSA) is 29.5 Å². The molecule has 0 aromatic heterocycles. The summed E-state index contributed by atoms with van der Waals surface area (Å²) in [5.74, 6) is 0.485. The number of allylic oxidation sites excluding steroid dienone is 2. The lowest BCUT2D eigenvalue weighted by atomic mass is 9.98. The van der Waals surface area contributed by atoms with Crippen LogP contribution in [0.3, 0.4) is 0 Å². The summed E-state index contributed by atoms with van der Waals surface area (Å²) >= 11 is 0. The van der Waals surface area contributed by atoms with Crippen LogP contribution in [0, 0.1) is 6.92 Å². The van der Waals surface area contributed by atoms with Gasteiger partial charge in [0.05, 0.1) is 0 Å². The summed E-state index contributed by atoms with van der Waals surface area (Å²) in [6.45, 7) is 10.2. The van der Waals surface area contributed by atoms with Crippen LogP contribution in [0.15, 0.2) is 24.3 Å². The van der Waals surface area contributed by atoms with Crippen molar-refractivity contribution < 1.29 is 10.1 Å². The molecule has 2 nitrogen and oxygen atoms in total. The Labute approximate surface area is 98.5 Å². The molecule has 1 aromatic rings. The van der Waals surface area contributed by atoms with Gasteiger partial charge in [-0.1, -0.05) is 32.9 Å². The van der Waals surface area contributed by atoms with Crippen molar-refractivity contribution in [3.05, 3.63) is 35.4 Å². The number of benzene rings is 1. The van der Waals surface area contributed by atoms with Crippen molar-refractivity contribution in [2.75, 3.05) is 0 Å². The first-order chi connectivity index (χ1) is 7.72. The predicted molar refractivity (Wildman–Crippen MR) is 69.7 cm³/mol. The SMILES string of the molecule is C/C=C(/CC)c1cc(OO)ccc1C.CC. The molecule has 0 amide bonds. The molecule has 90 valence electrons. The van der Waals surface area contributed by atoms with E-state index in [1.165, 1.54) is 11.1 Å². The second-order valence-electron chi connectivity index (χ2n) is 3.24. The molecule has 1 aromatic carbocycles. The Morgan fingerprint density at radius 3 is 2.44 bits per heavy atom. The summed E-state index contributed by atoms with van der Waals surface area (Å²) in [7, 11) is 0. The van der Waals surface area contributed by atoms with Crippen LogP contribution in [0.2, 0.25) is 0 Å². The highest BCUT2D eigenvalue weighted by molar-refractivity contribution is 5.68. The van der Waals surface area contributed by atoms with Crippen molar-refractivity contribution in [3.63, 3.8) is 0 Å². The standard InChI is InChI=1S/C12H16O2.C2H6/c1-4-10(5-2)12-8-11(14-13)7-6-9(12)3;1-2/h4,6-8,13H,5H2,1-3H3;1-2H3/b10-4-;. The number of rotatable bonds is 3. The first kappa shape index (κ1) is 14.7. The quantitative estimate of drug-likeness (QED) is 0.594. The fourth-order valence-electron chi connectivity index (χ4n) is 1.55. The van der Waals surface area contributed by atoms with Crippen molar-refractivity contribution >= 4 is 5.57 Å². The van der Waals surface area contributed by atoms with E-state index in [9.17, 15) is 0 Å². The van der Waals surface area contributed by atoms with E-state index in [1.807, 2.05) is 32.9 Å². The van der Waals surface area contributed by atoms with Gasteiger partial charge in [-0.15, -0.1) is 0 Å². The summed E-state index contributed by atoms with van der Waals surface area (Å²) in [6.07, 6.45) is 3.07. The van der Waals surface area contributed by atoms with Gasteiger partial charge in [-0.25, -0.2) is 5.26 Å². The third-order valence-corrected chi connectivity index (χ3v) is 2.39. The molecule has 0 spiro atoms. The van der Waals surface area contributed by atoms with E-state index in [0.717, 1.165) is 12.0 Å². The van der Waals surface area contributed by atoms with E-state index in [4.69, 9.17) is 5.26 Å². The van der Waals surface area contributed by atoms with Gasteiger partial charge in [-0.05, 0) is 49.1 Å². The van der Waals surface area contributed by atoms with Gasteiger partial charge in [0.2, 0.25) is 0 Å². The minimum Gasteiger partial charge on any atom is -0.340 e. The van der Waals surface area contributed by atoms with Gasteiger partial charge in [0, 0.05) is 0 Å². The van der Waals surface area contributed by atoms with Gasteiger partial charge in [-0.2, -0.15) is 0 Å². The van der Waals surface area contributed by atoms with E-state index in [0.29, 0.717) is 5.75 Å². The minimum atomic E-state index is 0.485. The molecule has 16 heavy (non-hydrogen) atoms. The molecule has 0 bridgehead atoms. The van der Waals surface area contributed by atoms with Crippen LogP contribution in [-0.2, 0) is 0 Å². The fourth-order valence-corrected chi connectivity index (χ4v) is 1.55. The van der Waals surface area contributed by atoms with E-state index >= 15 is 0 Å². The lowest BCUT2D eigenvalue weighted by Crippen LogP contribution is -1.91. The second-order valence-corrected chi connectivity index (χ2v) is 3.24. The van der Waals surface area contributed by atoms with Crippen molar-refractivity contribution in [1.82, 2.24) is 0 Å². The number of aryl methyl sites for hydroxylation is 1. The largest absolute Gasteiger partial charge is 0.340 e. The smallest absolute Gasteiger partial charge is 0.165 e. The van der Waals surface area contributed by atoms with Crippen molar-refractivity contribution in [2.45, 2.75) is 41.0 Å². The summed E-state index contributed by atoms with van der Waals surface area (Å²) in [6, 6.07) is 5.55. The Morgan fingerprint density at radius 2 is 2.00 bits per heavy atom. The molecule has 0 aliphatic carbocycles. The minimum absolute atomic E-state index is 0.485. The van der Waals surface area contributed by atoms with Gasteiger partial charge in [0.25, 0.3) is 0 Å². The van der Waals surface area contributed by atoms with Crippen molar-refractivity contribution in [2.24, 2.45) is 0 Å². The molecule has 0 aliphatic heterocycles. The van der Waals surface area contributed by atoms with Crippen LogP contribution in [0.5, 0.6) is 5.75 Å². The molecule has 0 fully saturated rings. The normalized spacial score (nSPS) is 10.5. The van der Waals surface area contributed by atoms with Gasteiger partial charge in [0.15, 0.2) is 5.75 Å². The zero-order chi connectivity index (χ0) is 12.6. The number of hydrogen-bond acceptors (Lipinski definition) is 2. The maximum Gasteiger partial charge on any atom is 0.165 e. The average molecular weight is 222 g/mol. The second kappa shape index (κ2) is 7.94. The highest BCUT2D eigenvalue weighted by Crippen LogP contribution is 2.25. The molecule has 0 saturated carbocycles. The first-order valence-electron chi connectivity index (χ1n) is 5.80.